The van der Waals surface area contributed by atoms with Crippen LogP contribution in [-0.4, -0.2) is 16.3 Å². The lowest BCUT2D eigenvalue weighted by Crippen LogP contribution is -2.32. The smallest absolute Gasteiger partial charge is 0.0701 e. The Morgan fingerprint density at radius 3 is 2.33 bits per heavy atom. The lowest BCUT2D eigenvalue weighted by Gasteiger charge is -2.29. The molecule has 104 valence electrons. The van der Waals surface area contributed by atoms with Gasteiger partial charge in [0.1, 0.15) is 0 Å². The molecular weight excluding hydrogens is 290 g/mol. The molecule has 1 aromatic heterocycles. The summed E-state index contributed by atoms with van der Waals surface area (Å²) in [6.07, 6.45) is 1.91. The van der Waals surface area contributed by atoms with Crippen molar-refractivity contribution in [3.05, 3.63) is 16.4 Å². The number of nitrogens with one attached hydrogen (secondary N) is 1. The van der Waals surface area contributed by atoms with Gasteiger partial charge in [-0.2, -0.15) is 5.10 Å². The molecule has 1 rings (SSSR count). The second-order valence-electron chi connectivity index (χ2n) is 5.55. The van der Waals surface area contributed by atoms with E-state index in [1.54, 1.807) is 0 Å². The van der Waals surface area contributed by atoms with Crippen LogP contribution in [0.4, 0.5) is 0 Å². The third-order valence-corrected chi connectivity index (χ3v) is 4.18. The van der Waals surface area contributed by atoms with Crippen LogP contribution in [-0.2, 0) is 0 Å². The molecule has 0 saturated carbocycles. The van der Waals surface area contributed by atoms with E-state index in [9.17, 15) is 0 Å². The maximum atomic E-state index is 4.49. The summed E-state index contributed by atoms with van der Waals surface area (Å²) < 4.78 is 3.23. The molecule has 1 N–H and O–H groups in total. The highest BCUT2D eigenvalue weighted by Crippen LogP contribution is 2.33. The fourth-order valence-corrected chi connectivity index (χ4v) is 2.71. The molecule has 0 spiro atoms. The zero-order chi connectivity index (χ0) is 13.9. The molecule has 18 heavy (non-hydrogen) atoms. The molecule has 0 aromatic carbocycles. The van der Waals surface area contributed by atoms with E-state index in [1.807, 2.05) is 6.20 Å². The standard InChI is InChI=1S/C14H26BrN3/c1-7-16-13(11(6)9(2)3)14-12(15)8-17-18(14)10(4)5/h8-11,13,16H,7H2,1-6H3. The van der Waals surface area contributed by atoms with Gasteiger partial charge in [-0.1, -0.05) is 27.7 Å². The van der Waals surface area contributed by atoms with Gasteiger partial charge in [0.15, 0.2) is 0 Å². The predicted octanol–water partition coefficient (Wildman–Crippen LogP) is 4.17. The van der Waals surface area contributed by atoms with Crippen LogP contribution in [0.25, 0.3) is 0 Å². The van der Waals surface area contributed by atoms with E-state index in [2.05, 4.69) is 72.6 Å². The van der Waals surface area contributed by atoms with Crippen LogP contribution in [0.1, 0.15) is 59.3 Å². The van der Waals surface area contributed by atoms with Gasteiger partial charge in [-0.05, 0) is 48.2 Å². The summed E-state index contributed by atoms with van der Waals surface area (Å²) in [6.45, 7) is 14.3. The molecule has 0 bridgehead atoms. The van der Waals surface area contributed by atoms with Gasteiger partial charge >= 0.3 is 0 Å². The Morgan fingerprint density at radius 2 is 1.89 bits per heavy atom. The largest absolute Gasteiger partial charge is 0.309 e. The number of aromatic nitrogens is 2. The van der Waals surface area contributed by atoms with Crippen molar-refractivity contribution in [2.24, 2.45) is 11.8 Å². The van der Waals surface area contributed by atoms with Gasteiger partial charge in [-0.15, -0.1) is 0 Å². The maximum Gasteiger partial charge on any atom is 0.0701 e. The summed E-state index contributed by atoms with van der Waals surface area (Å²) in [5.74, 6) is 1.20. The third-order valence-electron chi connectivity index (χ3n) is 3.57. The molecule has 1 aromatic rings. The van der Waals surface area contributed by atoms with Crippen LogP contribution in [0.3, 0.4) is 0 Å². The zero-order valence-corrected chi connectivity index (χ0v) is 14.0. The van der Waals surface area contributed by atoms with Crippen LogP contribution in [0.2, 0.25) is 0 Å². The maximum absolute atomic E-state index is 4.49. The Morgan fingerprint density at radius 1 is 1.28 bits per heavy atom. The van der Waals surface area contributed by atoms with Crippen molar-refractivity contribution in [2.45, 2.75) is 53.6 Å². The van der Waals surface area contributed by atoms with Gasteiger partial charge in [-0.3, -0.25) is 4.68 Å². The normalized spacial score (nSPS) is 15.4. The van der Waals surface area contributed by atoms with Gasteiger partial charge in [0.05, 0.1) is 22.4 Å². The van der Waals surface area contributed by atoms with Crippen LogP contribution in [0.15, 0.2) is 10.7 Å². The summed E-state index contributed by atoms with van der Waals surface area (Å²) in [5, 5.41) is 8.10. The average Bonchev–Trinajstić information content (AvgIpc) is 2.67. The van der Waals surface area contributed by atoms with Crippen LogP contribution in [0, 0.1) is 11.8 Å². The number of nitrogens with zero attached hydrogens (tertiary/aromatic N) is 2. The first-order valence-corrected chi connectivity index (χ1v) is 7.65. The number of rotatable bonds is 6. The van der Waals surface area contributed by atoms with E-state index in [0.29, 0.717) is 23.9 Å². The van der Waals surface area contributed by atoms with Crippen molar-refractivity contribution < 1.29 is 0 Å². The van der Waals surface area contributed by atoms with Gasteiger partial charge in [0.2, 0.25) is 0 Å². The van der Waals surface area contributed by atoms with Crippen molar-refractivity contribution in [1.29, 1.82) is 0 Å². The number of halogens is 1. The molecule has 0 aliphatic rings. The number of hydrogen-bond donors (Lipinski definition) is 1. The Kier molecular flexibility index (Phi) is 5.86. The first-order chi connectivity index (χ1) is 8.40. The van der Waals surface area contributed by atoms with Gasteiger partial charge < -0.3 is 5.32 Å². The summed E-state index contributed by atoms with van der Waals surface area (Å²) in [5.41, 5.74) is 1.27. The second kappa shape index (κ2) is 6.71. The molecule has 1 heterocycles. The first kappa shape index (κ1) is 15.7. The van der Waals surface area contributed by atoms with Crippen LogP contribution < -0.4 is 5.32 Å². The summed E-state index contributed by atoms with van der Waals surface area (Å²) in [7, 11) is 0. The van der Waals surface area contributed by atoms with E-state index < -0.39 is 0 Å². The molecule has 0 amide bonds. The predicted molar refractivity (Wildman–Crippen MR) is 80.7 cm³/mol. The van der Waals surface area contributed by atoms with Crippen molar-refractivity contribution in [3.8, 4) is 0 Å². The number of hydrogen-bond acceptors (Lipinski definition) is 2. The van der Waals surface area contributed by atoms with Gasteiger partial charge in [-0.25, -0.2) is 0 Å². The average molecular weight is 316 g/mol. The van der Waals surface area contributed by atoms with E-state index in [1.165, 1.54) is 5.69 Å². The molecule has 2 atom stereocenters. The molecule has 0 fully saturated rings. The van der Waals surface area contributed by atoms with Crippen molar-refractivity contribution in [3.63, 3.8) is 0 Å². The van der Waals surface area contributed by atoms with E-state index in [4.69, 9.17) is 0 Å². The van der Waals surface area contributed by atoms with Crippen LogP contribution >= 0.6 is 15.9 Å². The third kappa shape index (κ3) is 3.35. The van der Waals surface area contributed by atoms with Crippen LogP contribution in [0.5, 0.6) is 0 Å². The minimum atomic E-state index is 0.342. The molecule has 2 unspecified atom stereocenters. The SMILES string of the molecule is CCNC(c1c(Br)cnn1C(C)C)C(C)C(C)C. The minimum absolute atomic E-state index is 0.342. The Hall–Kier alpha value is -0.350. The van der Waals surface area contributed by atoms with Gasteiger partial charge in [0.25, 0.3) is 0 Å². The zero-order valence-electron chi connectivity index (χ0n) is 12.4. The Bertz CT molecular complexity index is 371. The lowest BCUT2D eigenvalue weighted by molar-refractivity contribution is 0.288. The molecule has 3 nitrogen and oxygen atoms in total. The highest BCUT2D eigenvalue weighted by Gasteiger charge is 2.27. The fourth-order valence-electron chi connectivity index (χ4n) is 2.19. The Labute approximate surface area is 119 Å². The molecule has 0 saturated heterocycles. The summed E-state index contributed by atoms with van der Waals surface area (Å²) in [4.78, 5) is 0. The topological polar surface area (TPSA) is 29.9 Å². The minimum Gasteiger partial charge on any atom is -0.309 e. The van der Waals surface area contributed by atoms with Crippen molar-refractivity contribution in [2.75, 3.05) is 6.54 Å². The first-order valence-electron chi connectivity index (χ1n) is 6.86. The molecule has 0 radical (unpaired) electrons. The highest BCUT2D eigenvalue weighted by atomic mass is 79.9. The summed E-state index contributed by atoms with van der Waals surface area (Å²) in [6, 6.07) is 0.723. The highest BCUT2D eigenvalue weighted by molar-refractivity contribution is 9.10. The monoisotopic (exact) mass is 315 g/mol. The Balaban J connectivity index is 3.16. The van der Waals surface area contributed by atoms with Crippen molar-refractivity contribution >= 4 is 15.9 Å². The fraction of sp³-hybridized carbons (Fsp3) is 0.786. The molecule has 4 heteroatoms. The summed E-state index contributed by atoms with van der Waals surface area (Å²) >= 11 is 3.65. The van der Waals surface area contributed by atoms with Crippen molar-refractivity contribution in [1.82, 2.24) is 15.1 Å². The van der Waals surface area contributed by atoms with E-state index >= 15 is 0 Å². The lowest BCUT2D eigenvalue weighted by atomic mass is 9.88. The molecule has 0 aliphatic heterocycles. The van der Waals surface area contributed by atoms with E-state index in [-0.39, 0.29) is 0 Å². The molecular formula is C14H26BrN3. The van der Waals surface area contributed by atoms with Gasteiger partial charge in [0, 0.05) is 6.04 Å². The quantitative estimate of drug-likeness (QED) is 0.853. The second-order valence-corrected chi connectivity index (χ2v) is 6.41. The van der Waals surface area contributed by atoms with E-state index in [0.717, 1.165) is 11.0 Å². The molecule has 0 aliphatic carbocycles.